The van der Waals surface area contributed by atoms with Gasteiger partial charge in [-0.2, -0.15) is 18.2 Å². The van der Waals surface area contributed by atoms with Crippen LogP contribution in [0.1, 0.15) is 31.7 Å². The molecule has 0 radical (unpaired) electrons. The number of nitrogens with one attached hydrogen (secondary N) is 2. The molecule has 0 aliphatic carbocycles. The lowest BCUT2D eigenvalue weighted by Gasteiger charge is -2.37. The summed E-state index contributed by atoms with van der Waals surface area (Å²) in [6.45, 7) is 1.16. The number of nitrogens with zero attached hydrogens (tertiary/aromatic N) is 4. The standard InChI is InChI=1S/C23H27F5N6O5S/c1-22(37)5-8-33(9-6-22)19-14(23(26,27)28)11-29-20(31-19)30-17-3-2-13(10-15(17)24)40(38,39)32-18-4-7-34(21(35)36)12-16(18)25/h2-3,10-11,16,18,32,37H,4-9,12H2,1H3,(H,35,36)(H,29,30,31)/t16-,18+/m0/s1. The van der Waals surface area contributed by atoms with Crippen LogP contribution in [0.5, 0.6) is 0 Å². The van der Waals surface area contributed by atoms with Crippen LogP contribution in [-0.2, 0) is 16.2 Å². The zero-order chi connectivity index (χ0) is 29.5. The molecule has 3 heterocycles. The highest BCUT2D eigenvalue weighted by Crippen LogP contribution is 2.37. The van der Waals surface area contributed by atoms with Gasteiger partial charge in [0.15, 0.2) is 0 Å². The number of sulfonamides is 1. The maximum Gasteiger partial charge on any atom is 0.421 e. The fourth-order valence-corrected chi connectivity index (χ4v) is 5.74. The van der Waals surface area contributed by atoms with Gasteiger partial charge in [0.2, 0.25) is 16.0 Å². The van der Waals surface area contributed by atoms with Gasteiger partial charge in [-0.25, -0.2) is 31.7 Å². The Labute approximate surface area is 226 Å². The Bertz CT molecular complexity index is 1370. The molecule has 0 unspecified atom stereocenters. The molecule has 1 amide bonds. The maximum absolute atomic E-state index is 14.9. The molecular formula is C23H27F5N6O5S. The fourth-order valence-electron chi connectivity index (χ4n) is 4.44. The van der Waals surface area contributed by atoms with Gasteiger partial charge in [-0.3, -0.25) is 0 Å². The van der Waals surface area contributed by atoms with Crippen molar-refractivity contribution in [2.45, 2.75) is 55.1 Å². The summed E-state index contributed by atoms with van der Waals surface area (Å²) in [5.74, 6) is -1.92. The molecular weight excluding hydrogens is 567 g/mol. The van der Waals surface area contributed by atoms with E-state index < -0.39 is 68.7 Å². The third kappa shape index (κ3) is 6.69. The van der Waals surface area contributed by atoms with Gasteiger partial charge in [0.25, 0.3) is 0 Å². The van der Waals surface area contributed by atoms with E-state index in [1.54, 1.807) is 6.92 Å². The van der Waals surface area contributed by atoms with Crippen LogP contribution in [0.4, 0.5) is 44.2 Å². The number of amides is 1. The normalized spacial score (nSPS) is 21.8. The van der Waals surface area contributed by atoms with Gasteiger partial charge in [-0.05, 0) is 44.4 Å². The second-order valence-corrected chi connectivity index (χ2v) is 11.7. The first-order valence-corrected chi connectivity index (χ1v) is 13.7. The Morgan fingerprint density at radius 1 is 1.20 bits per heavy atom. The van der Waals surface area contributed by atoms with Crippen LogP contribution in [0.25, 0.3) is 0 Å². The number of anilines is 3. The Kier molecular flexibility index (Phi) is 8.11. The molecule has 2 atom stereocenters. The Morgan fingerprint density at radius 3 is 2.45 bits per heavy atom. The number of hydrogen-bond acceptors (Lipinski definition) is 8. The van der Waals surface area contributed by atoms with E-state index in [1.165, 1.54) is 4.90 Å². The van der Waals surface area contributed by atoms with Gasteiger partial charge in [0.1, 0.15) is 23.4 Å². The van der Waals surface area contributed by atoms with Crippen molar-refractivity contribution in [1.82, 2.24) is 19.6 Å². The van der Waals surface area contributed by atoms with Crippen LogP contribution in [0.15, 0.2) is 29.3 Å². The second-order valence-electron chi connectivity index (χ2n) is 9.94. The van der Waals surface area contributed by atoms with Crippen molar-refractivity contribution in [2.75, 3.05) is 36.4 Å². The summed E-state index contributed by atoms with van der Waals surface area (Å²) in [6.07, 6.45) is -7.08. The van der Waals surface area contributed by atoms with E-state index in [-0.39, 0.29) is 50.5 Å². The molecule has 2 aliphatic rings. The molecule has 4 rings (SSSR count). The van der Waals surface area contributed by atoms with E-state index in [1.807, 2.05) is 0 Å². The van der Waals surface area contributed by atoms with Crippen LogP contribution < -0.4 is 14.9 Å². The van der Waals surface area contributed by atoms with Crippen molar-refractivity contribution in [3.05, 3.63) is 35.8 Å². The molecule has 0 bridgehead atoms. The number of benzene rings is 1. The van der Waals surface area contributed by atoms with Crippen LogP contribution in [-0.4, -0.2) is 83.6 Å². The Hall–Kier alpha value is -3.31. The minimum Gasteiger partial charge on any atom is -0.465 e. The molecule has 4 N–H and O–H groups in total. The summed E-state index contributed by atoms with van der Waals surface area (Å²) in [4.78, 5) is 20.2. The first kappa shape index (κ1) is 29.7. The Balaban J connectivity index is 1.52. The van der Waals surface area contributed by atoms with Gasteiger partial charge in [-0.15, -0.1) is 0 Å². The fraction of sp³-hybridized carbons (Fsp3) is 0.522. The largest absolute Gasteiger partial charge is 0.465 e. The van der Waals surface area contributed by atoms with E-state index in [2.05, 4.69) is 20.0 Å². The average Bonchev–Trinajstić information content (AvgIpc) is 2.85. The first-order valence-electron chi connectivity index (χ1n) is 12.2. The highest BCUT2D eigenvalue weighted by molar-refractivity contribution is 7.89. The SMILES string of the molecule is CC1(O)CCN(c2nc(Nc3ccc(S(=O)(=O)N[C@@H]4CCN(C(=O)O)C[C@@H]4F)cc3F)ncc2C(F)(F)F)CC1. The molecule has 40 heavy (non-hydrogen) atoms. The van der Waals surface area contributed by atoms with Gasteiger partial charge in [0.05, 0.1) is 28.8 Å². The van der Waals surface area contributed by atoms with Crippen molar-refractivity contribution in [2.24, 2.45) is 0 Å². The highest BCUT2D eigenvalue weighted by atomic mass is 32.2. The lowest BCUT2D eigenvalue weighted by Crippen LogP contribution is -2.53. The third-order valence-electron chi connectivity index (χ3n) is 6.83. The van der Waals surface area contributed by atoms with Crippen molar-refractivity contribution >= 4 is 33.6 Å². The topological polar surface area (TPSA) is 148 Å². The van der Waals surface area contributed by atoms with Crippen molar-refractivity contribution in [3.63, 3.8) is 0 Å². The van der Waals surface area contributed by atoms with E-state index >= 15 is 0 Å². The van der Waals surface area contributed by atoms with Gasteiger partial charge in [-0.1, -0.05) is 0 Å². The number of likely N-dealkylation sites (tertiary alicyclic amines) is 1. The zero-order valence-corrected chi connectivity index (χ0v) is 21.9. The molecule has 17 heteroatoms. The molecule has 220 valence electrons. The van der Waals surface area contributed by atoms with Crippen molar-refractivity contribution < 1.29 is 45.4 Å². The van der Waals surface area contributed by atoms with Crippen LogP contribution in [0.3, 0.4) is 0 Å². The van der Waals surface area contributed by atoms with Gasteiger partial charge >= 0.3 is 12.3 Å². The quantitative estimate of drug-likeness (QED) is 0.371. The summed E-state index contributed by atoms with van der Waals surface area (Å²) < 4.78 is 97.8. The van der Waals surface area contributed by atoms with Crippen LogP contribution in [0.2, 0.25) is 0 Å². The van der Waals surface area contributed by atoms with E-state index in [4.69, 9.17) is 5.11 Å². The lowest BCUT2D eigenvalue weighted by molar-refractivity contribution is -0.137. The molecule has 0 spiro atoms. The molecule has 0 saturated carbocycles. The number of rotatable bonds is 6. The molecule has 2 aliphatic heterocycles. The van der Waals surface area contributed by atoms with E-state index in [0.29, 0.717) is 12.3 Å². The van der Waals surface area contributed by atoms with Crippen LogP contribution in [0, 0.1) is 5.82 Å². The molecule has 2 saturated heterocycles. The molecule has 1 aromatic carbocycles. The second kappa shape index (κ2) is 10.9. The van der Waals surface area contributed by atoms with Crippen LogP contribution >= 0.6 is 0 Å². The summed E-state index contributed by atoms with van der Waals surface area (Å²) in [6, 6.07) is 1.44. The smallest absolute Gasteiger partial charge is 0.421 e. The zero-order valence-electron chi connectivity index (χ0n) is 21.1. The molecule has 2 aromatic rings. The summed E-state index contributed by atoms with van der Waals surface area (Å²) in [5, 5.41) is 21.6. The monoisotopic (exact) mass is 594 g/mol. The average molecular weight is 595 g/mol. The number of hydrogen-bond donors (Lipinski definition) is 4. The number of carbonyl (C=O) groups is 1. The third-order valence-corrected chi connectivity index (χ3v) is 8.32. The lowest BCUT2D eigenvalue weighted by atomic mass is 9.94. The number of piperidine rings is 2. The first-order chi connectivity index (χ1) is 18.6. The van der Waals surface area contributed by atoms with E-state index in [9.17, 15) is 40.3 Å². The van der Waals surface area contributed by atoms with Gasteiger partial charge in [0, 0.05) is 25.8 Å². The number of carboxylic acid groups (broad SMARTS) is 1. The number of aromatic nitrogens is 2. The predicted molar refractivity (Wildman–Crippen MR) is 132 cm³/mol. The number of alkyl halides is 4. The van der Waals surface area contributed by atoms with Crippen molar-refractivity contribution in [3.8, 4) is 0 Å². The van der Waals surface area contributed by atoms with Crippen molar-refractivity contribution in [1.29, 1.82) is 0 Å². The summed E-state index contributed by atoms with van der Waals surface area (Å²) in [7, 11) is -4.40. The minimum atomic E-state index is -4.77. The molecule has 2 fully saturated rings. The summed E-state index contributed by atoms with van der Waals surface area (Å²) in [5.41, 5.74) is -2.46. The Morgan fingerprint density at radius 2 is 1.88 bits per heavy atom. The highest BCUT2D eigenvalue weighted by Gasteiger charge is 2.39. The molecule has 11 nitrogen and oxygen atoms in total. The minimum absolute atomic E-state index is 0.0912. The predicted octanol–water partition coefficient (Wildman–Crippen LogP) is 3.10. The number of aliphatic hydroxyl groups is 1. The summed E-state index contributed by atoms with van der Waals surface area (Å²) >= 11 is 0. The maximum atomic E-state index is 14.9. The van der Waals surface area contributed by atoms with Gasteiger partial charge < -0.3 is 25.3 Å². The number of halogens is 5. The van der Waals surface area contributed by atoms with E-state index in [0.717, 1.165) is 17.0 Å². The molecule has 1 aromatic heterocycles.